The molecule has 1 rings (SSSR count). The Morgan fingerprint density at radius 1 is 1.28 bits per heavy atom. The predicted octanol–water partition coefficient (Wildman–Crippen LogP) is 1.77. The van der Waals surface area contributed by atoms with Crippen LogP contribution in [0, 0.1) is 5.82 Å². The van der Waals surface area contributed by atoms with Crippen molar-refractivity contribution in [3.8, 4) is 0 Å². The lowest BCUT2D eigenvalue weighted by atomic mass is 10.1. The van der Waals surface area contributed by atoms with Crippen molar-refractivity contribution in [2.24, 2.45) is 0 Å². The van der Waals surface area contributed by atoms with Crippen molar-refractivity contribution in [1.82, 2.24) is 5.32 Å². The highest BCUT2D eigenvalue weighted by molar-refractivity contribution is 7.87. The van der Waals surface area contributed by atoms with E-state index in [0.29, 0.717) is 0 Å². The number of hydrogen-bond acceptors (Lipinski definition) is 5. The van der Waals surface area contributed by atoms with Gasteiger partial charge in [-0.05, 0) is 24.6 Å². The van der Waals surface area contributed by atoms with Crippen molar-refractivity contribution >= 4 is 27.6 Å². The third-order valence-corrected chi connectivity index (χ3v) is 3.95. The van der Waals surface area contributed by atoms with Crippen molar-refractivity contribution in [2.45, 2.75) is 25.0 Å². The summed E-state index contributed by atoms with van der Waals surface area (Å²) >= 11 is 0. The maximum absolute atomic E-state index is 13.8. The fraction of sp³-hybridized carbons (Fsp3) is 0.385. The number of halogens is 4. The molecule has 0 saturated heterocycles. The highest BCUT2D eigenvalue weighted by Crippen LogP contribution is 2.26. The van der Waals surface area contributed by atoms with Crippen LogP contribution in [-0.4, -0.2) is 38.9 Å². The lowest BCUT2D eigenvalue weighted by Crippen LogP contribution is -2.36. The van der Waals surface area contributed by atoms with Crippen LogP contribution in [0.5, 0.6) is 0 Å². The predicted molar refractivity (Wildman–Crippen MR) is 78.6 cm³/mol. The number of benzene rings is 1. The normalized spacial score (nSPS) is 13.2. The fourth-order valence-electron chi connectivity index (χ4n) is 1.64. The van der Waals surface area contributed by atoms with Crippen LogP contribution in [0.25, 0.3) is 0 Å². The van der Waals surface area contributed by atoms with Gasteiger partial charge >= 0.3 is 15.6 Å². The highest BCUT2D eigenvalue weighted by Gasteiger charge is 2.49. The fourth-order valence-corrected chi connectivity index (χ4v) is 2.28. The van der Waals surface area contributed by atoms with Crippen LogP contribution in [0.1, 0.15) is 23.7 Å². The number of amides is 2. The summed E-state index contributed by atoms with van der Waals surface area (Å²) in [7, 11) is -4.68. The summed E-state index contributed by atoms with van der Waals surface area (Å²) in [6.45, 7) is 1.23. The molecule has 7 nitrogen and oxygen atoms in total. The molecule has 25 heavy (non-hydrogen) atoms. The first kappa shape index (κ1) is 20.8. The monoisotopic (exact) mass is 386 g/mol. The highest BCUT2D eigenvalue weighted by atomic mass is 32.2. The Balaban J connectivity index is 2.93. The Kier molecular flexibility index (Phi) is 6.48. The molecule has 2 amide bonds. The molecule has 0 aliphatic heterocycles. The van der Waals surface area contributed by atoms with Crippen molar-refractivity contribution < 1.29 is 39.8 Å². The van der Waals surface area contributed by atoms with Crippen LogP contribution in [0.4, 0.5) is 23.2 Å². The molecule has 0 aliphatic carbocycles. The van der Waals surface area contributed by atoms with Gasteiger partial charge in [-0.3, -0.25) is 9.59 Å². The molecule has 1 aromatic rings. The molecule has 0 unspecified atom stereocenters. The van der Waals surface area contributed by atoms with Crippen LogP contribution in [-0.2, 0) is 19.1 Å². The average Bonchev–Trinajstić information content (AvgIpc) is 2.50. The Morgan fingerprint density at radius 2 is 1.88 bits per heavy atom. The molecule has 0 aliphatic rings. The number of anilines is 1. The van der Waals surface area contributed by atoms with Gasteiger partial charge in [-0.25, -0.2) is 8.57 Å². The zero-order valence-corrected chi connectivity index (χ0v) is 13.8. The third-order valence-electron chi connectivity index (χ3n) is 2.90. The molecular formula is C13H14F4N2O5S. The smallest absolute Gasteiger partial charge is 0.355 e. The van der Waals surface area contributed by atoms with Crippen molar-refractivity contribution in [3.63, 3.8) is 0 Å². The van der Waals surface area contributed by atoms with Crippen LogP contribution in [0.2, 0.25) is 0 Å². The number of carbonyl (C=O) groups excluding carboxylic acids is 2. The van der Waals surface area contributed by atoms with E-state index in [1.807, 2.05) is 5.32 Å². The SMILES string of the molecule is CC[C@@H](OS(=O)(=O)C(F)(F)F)C(=O)Nc1ccc(C(=O)NC)c(F)c1. The average molecular weight is 386 g/mol. The largest absolute Gasteiger partial charge is 0.523 e. The molecular weight excluding hydrogens is 372 g/mol. The quantitative estimate of drug-likeness (QED) is 0.441. The molecule has 1 aromatic carbocycles. The summed E-state index contributed by atoms with van der Waals surface area (Å²) in [4.78, 5) is 23.2. The molecule has 0 radical (unpaired) electrons. The van der Waals surface area contributed by atoms with Crippen LogP contribution in [0.3, 0.4) is 0 Å². The zero-order chi connectivity index (χ0) is 19.4. The minimum absolute atomic E-state index is 0.193. The Morgan fingerprint density at radius 3 is 2.32 bits per heavy atom. The van der Waals surface area contributed by atoms with Crippen LogP contribution in [0.15, 0.2) is 18.2 Å². The van der Waals surface area contributed by atoms with Crippen LogP contribution >= 0.6 is 0 Å². The second-order valence-electron chi connectivity index (χ2n) is 4.66. The van der Waals surface area contributed by atoms with E-state index in [9.17, 15) is 35.6 Å². The third kappa shape index (κ3) is 5.13. The van der Waals surface area contributed by atoms with E-state index in [4.69, 9.17) is 0 Å². The minimum atomic E-state index is -5.96. The van der Waals surface area contributed by atoms with Gasteiger partial charge in [-0.1, -0.05) is 6.92 Å². The topological polar surface area (TPSA) is 102 Å². The molecule has 0 bridgehead atoms. The van der Waals surface area contributed by atoms with Gasteiger partial charge in [0.15, 0.2) is 6.10 Å². The summed E-state index contributed by atoms with van der Waals surface area (Å²) in [6.07, 6.45) is -2.35. The molecule has 0 fully saturated rings. The van der Waals surface area contributed by atoms with Crippen molar-refractivity contribution in [1.29, 1.82) is 0 Å². The molecule has 2 N–H and O–H groups in total. The van der Waals surface area contributed by atoms with Gasteiger partial charge in [0.1, 0.15) is 5.82 Å². The Bertz CT molecular complexity index is 764. The Labute approximate surface area is 140 Å². The van der Waals surface area contributed by atoms with Gasteiger partial charge < -0.3 is 10.6 Å². The maximum atomic E-state index is 13.8. The van der Waals surface area contributed by atoms with E-state index in [-0.39, 0.29) is 17.7 Å². The minimum Gasteiger partial charge on any atom is -0.355 e. The molecule has 0 spiro atoms. The molecule has 12 heteroatoms. The van der Waals surface area contributed by atoms with E-state index in [1.165, 1.54) is 14.0 Å². The van der Waals surface area contributed by atoms with Gasteiger partial charge in [0.05, 0.1) is 5.56 Å². The van der Waals surface area contributed by atoms with Crippen molar-refractivity contribution in [3.05, 3.63) is 29.6 Å². The second kappa shape index (κ2) is 7.78. The number of rotatable bonds is 6. The van der Waals surface area contributed by atoms with Gasteiger partial charge in [0.25, 0.3) is 11.8 Å². The second-order valence-corrected chi connectivity index (χ2v) is 6.22. The van der Waals surface area contributed by atoms with Crippen molar-refractivity contribution in [2.75, 3.05) is 12.4 Å². The molecule has 0 aromatic heterocycles. The summed E-state index contributed by atoms with van der Waals surface area (Å²) in [5.74, 6) is -2.93. The summed E-state index contributed by atoms with van der Waals surface area (Å²) in [6, 6.07) is 2.92. The van der Waals surface area contributed by atoms with Crippen LogP contribution < -0.4 is 10.6 Å². The standard InChI is InChI=1S/C13H14F4N2O5S/c1-3-10(24-25(22,23)13(15,16)17)12(21)19-7-4-5-8(9(14)6-7)11(20)18-2/h4-6,10H,3H2,1-2H3,(H,18,20)(H,19,21)/t10-/m1/s1. The van der Waals surface area contributed by atoms with E-state index in [0.717, 1.165) is 18.2 Å². The zero-order valence-electron chi connectivity index (χ0n) is 13.0. The van der Waals surface area contributed by atoms with Gasteiger partial charge in [0, 0.05) is 12.7 Å². The summed E-state index contributed by atoms with van der Waals surface area (Å²) in [5, 5.41) is 4.21. The van der Waals surface area contributed by atoms with Gasteiger partial charge in [-0.2, -0.15) is 21.6 Å². The molecule has 0 saturated carbocycles. The number of carbonyl (C=O) groups is 2. The summed E-state index contributed by atoms with van der Waals surface area (Å²) < 4.78 is 76.4. The van der Waals surface area contributed by atoms with E-state index >= 15 is 0 Å². The molecule has 1 atom stereocenters. The van der Waals surface area contributed by atoms with E-state index in [1.54, 1.807) is 0 Å². The lowest BCUT2D eigenvalue weighted by Gasteiger charge is -2.17. The number of nitrogens with one attached hydrogen (secondary N) is 2. The molecule has 0 heterocycles. The number of hydrogen-bond donors (Lipinski definition) is 2. The summed E-state index contributed by atoms with van der Waals surface area (Å²) in [5.41, 5.74) is -6.19. The van der Waals surface area contributed by atoms with Gasteiger partial charge in [-0.15, -0.1) is 0 Å². The Hall–Kier alpha value is -2.21. The van der Waals surface area contributed by atoms with E-state index in [2.05, 4.69) is 9.50 Å². The first-order valence-electron chi connectivity index (χ1n) is 6.75. The maximum Gasteiger partial charge on any atom is 0.523 e. The number of alkyl halides is 3. The first-order valence-corrected chi connectivity index (χ1v) is 8.15. The van der Waals surface area contributed by atoms with E-state index < -0.39 is 39.4 Å². The lowest BCUT2D eigenvalue weighted by molar-refractivity contribution is -0.123. The molecule has 140 valence electrons. The first-order chi connectivity index (χ1) is 11.4. The van der Waals surface area contributed by atoms with Gasteiger partial charge in [0.2, 0.25) is 0 Å².